The fraction of sp³-hybridized carbons (Fsp3) is 0.471. The number of allylic oxidation sites excluding steroid dienone is 1. The maximum Gasteiger partial charge on any atom is 0.246 e. The predicted molar refractivity (Wildman–Crippen MR) is 85.3 cm³/mol. The molecule has 1 unspecified atom stereocenters. The van der Waals surface area contributed by atoms with E-state index in [0.717, 1.165) is 42.9 Å². The lowest BCUT2D eigenvalue weighted by molar-refractivity contribution is -0.125. The van der Waals surface area contributed by atoms with Crippen molar-refractivity contribution in [2.24, 2.45) is 5.92 Å². The largest absolute Gasteiger partial charge is 0.497 e. The van der Waals surface area contributed by atoms with Crippen molar-refractivity contribution in [2.45, 2.75) is 13.3 Å². The van der Waals surface area contributed by atoms with Crippen LogP contribution in [0.3, 0.4) is 0 Å². The van der Waals surface area contributed by atoms with Crippen molar-refractivity contribution in [1.82, 2.24) is 10.2 Å². The molecule has 1 atom stereocenters. The quantitative estimate of drug-likeness (QED) is 0.844. The lowest BCUT2D eigenvalue weighted by Gasteiger charge is -2.15. The number of nitrogens with zero attached hydrogens (tertiary/aromatic N) is 1. The summed E-state index contributed by atoms with van der Waals surface area (Å²) in [7, 11) is 3.60. The molecule has 0 radical (unpaired) electrons. The van der Waals surface area contributed by atoms with Gasteiger partial charge in [-0.15, -0.1) is 0 Å². The molecule has 1 heterocycles. The summed E-state index contributed by atoms with van der Waals surface area (Å²) in [6.45, 7) is 4.64. The molecular weight excluding hydrogens is 264 g/mol. The first-order valence-corrected chi connectivity index (χ1v) is 7.40. The first kappa shape index (κ1) is 15.6. The Kier molecular flexibility index (Phi) is 5.39. The Morgan fingerprint density at radius 1 is 1.52 bits per heavy atom. The molecule has 1 N–H and O–H groups in total. The first-order valence-electron chi connectivity index (χ1n) is 7.40. The molecule has 1 fully saturated rings. The molecule has 1 amide bonds. The molecule has 0 aliphatic carbocycles. The summed E-state index contributed by atoms with van der Waals surface area (Å²) in [5.41, 5.74) is 1.99. The van der Waals surface area contributed by atoms with Crippen molar-refractivity contribution in [1.29, 1.82) is 0 Å². The zero-order valence-electron chi connectivity index (χ0n) is 13.1. The molecule has 0 saturated carbocycles. The van der Waals surface area contributed by atoms with Gasteiger partial charge in [0, 0.05) is 19.2 Å². The van der Waals surface area contributed by atoms with Crippen LogP contribution in [0.5, 0.6) is 5.75 Å². The average molecular weight is 288 g/mol. The number of amides is 1. The Hall–Kier alpha value is -1.81. The second-order valence-corrected chi connectivity index (χ2v) is 5.56. The van der Waals surface area contributed by atoms with Gasteiger partial charge in [-0.3, -0.25) is 4.79 Å². The molecule has 0 aromatic heterocycles. The molecule has 4 nitrogen and oxygen atoms in total. The minimum absolute atomic E-state index is 0.105. The van der Waals surface area contributed by atoms with Gasteiger partial charge in [0.15, 0.2) is 0 Å². The summed E-state index contributed by atoms with van der Waals surface area (Å²) in [5, 5.41) is 3.18. The number of rotatable bonds is 5. The van der Waals surface area contributed by atoms with Gasteiger partial charge < -0.3 is 15.0 Å². The fourth-order valence-electron chi connectivity index (χ4n) is 2.72. The molecule has 1 aromatic rings. The maximum absolute atomic E-state index is 12.3. The number of benzene rings is 1. The van der Waals surface area contributed by atoms with E-state index in [0.29, 0.717) is 5.92 Å². The van der Waals surface area contributed by atoms with Crippen LogP contribution in [-0.2, 0) is 4.79 Å². The zero-order chi connectivity index (χ0) is 15.2. The average Bonchev–Trinajstić information content (AvgIpc) is 2.96. The van der Waals surface area contributed by atoms with Gasteiger partial charge in [-0.25, -0.2) is 0 Å². The van der Waals surface area contributed by atoms with Gasteiger partial charge in [-0.2, -0.15) is 0 Å². The van der Waals surface area contributed by atoms with Crippen molar-refractivity contribution in [3.05, 3.63) is 35.9 Å². The topological polar surface area (TPSA) is 41.6 Å². The lowest BCUT2D eigenvalue weighted by atomic mass is 10.1. The highest BCUT2D eigenvalue weighted by atomic mass is 16.5. The number of hydrogen-bond acceptors (Lipinski definition) is 3. The first-order chi connectivity index (χ1) is 10.1. The second-order valence-electron chi connectivity index (χ2n) is 5.56. The van der Waals surface area contributed by atoms with Gasteiger partial charge in [-0.1, -0.05) is 12.1 Å². The molecule has 2 rings (SSSR count). The van der Waals surface area contributed by atoms with Gasteiger partial charge in [0.25, 0.3) is 0 Å². The van der Waals surface area contributed by atoms with Gasteiger partial charge in [0.1, 0.15) is 5.75 Å². The van der Waals surface area contributed by atoms with Gasteiger partial charge >= 0.3 is 0 Å². The Morgan fingerprint density at radius 2 is 2.33 bits per heavy atom. The standard InChI is InChI=1S/C17H24N2O2/c1-13(15-5-4-6-16(10-15)21-3)9-17(20)19-8-7-14(12-19)11-18-2/h4-6,9-10,14,18H,7-8,11-12H2,1-3H3/b13-9+. The predicted octanol–water partition coefficient (Wildman–Crippen LogP) is 2.17. The minimum Gasteiger partial charge on any atom is -0.497 e. The molecule has 1 aromatic carbocycles. The van der Waals surface area contributed by atoms with Crippen LogP contribution in [0.25, 0.3) is 5.57 Å². The highest BCUT2D eigenvalue weighted by Crippen LogP contribution is 2.21. The smallest absolute Gasteiger partial charge is 0.246 e. The van der Waals surface area contributed by atoms with Crippen molar-refractivity contribution >= 4 is 11.5 Å². The van der Waals surface area contributed by atoms with E-state index in [1.807, 2.05) is 43.1 Å². The molecule has 21 heavy (non-hydrogen) atoms. The summed E-state index contributed by atoms with van der Waals surface area (Å²) >= 11 is 0. The van der Waals surface area contributed by atoms with E-state index in [4.69, 9.17) is 4.74 Å². The van der Waals surface area contributed by atoms with E-state index >= 15 is 0 Å². The van der Waals surface area contributed by atoms with Crippen LogP contribution in [0.2, 0.25) is 0 Å². The van der Waals surface area contributed by atoms with E-state index in [-0.39, 0.29) is 5.91 Å². The third-order valence-corrected chi connectivity index (χ3v) is 3.96. The van der Waals surface area contributed by atoms with Crippen molar-refractivity contribution < 1.29 is 9.53 Å². The molecule has 1 saturated heterocycles. The van der Waals surface area contributed by atoms with Gasteiger partial charge in [0.2, 0.25) is 5.91 Å². The van der Waals surface area contributed by atoms with Crippen molar-refractivity contribution in [3.8, 4) is 5.75 Å². The Labute approximate surface area is 126 Å². The molecule has 114 valence electrons. The summed E-state index contributed by atoms with van der Waals surface area (Å²) < 4.78 is 5.22. The molecule has 1 aliphatic rings. The van der Waals surface area contributed by atoms with Crippen LogP contribution >= 0.6 is 0 Å². The summed E-state index contributed by atoms with van der Waals surface area (Å²) in [6, 6.07) is 7.79. The minimum atomic E-state index is 0.105. The number of methoxy groups -OCH3 is 1. The molecule has 4 heteroatoms. The molecule has 0 bridgehead atoms. The Balaban J connectivity index is 2.03. The van der Waals surface area contributed by atoms with Gasteiger partial charge in [-0.05, 0) is 56.1 Å². The normalized spacial score (nSPS) is 18.9. The van der Waals surface area contributed by atoms with E-state index in [2.05, 4.69) is 5.32 Å². The molecule has 0 spiro atoms. The van der Waals surface area contributed by atoms with E-state index in [1.165, 1.54) is 0 Å². The van der Waals surface area contributed by atoms with Crippen LogP contribution in [0.4, 0.5) is 0 Å². The summed E-state index contributed by atoms with van der Waals surface area (Å²) in [4.78, 5) is 14.3. The van der Waals surface area contributed by atoms with E-state index in [1.54, 1.807) is 13.2 Å². The third-order valence-electron chi connectivity index (χ3n) is 3.96. The second kappa shape index (κ2) is 7.27. The Bertz CT molecular complexity index is 525. The highest BCUT2D eigenvalue weighted by Gasteiger charge is 2.24. The molecular formula is C17H24N2O2. The third kappa shape index (κ3) is 4.08. The number of carbonyl (C=O) groups is 1. The van der Waals surface area contributed by atoms with Crippen molar-refractivity contribution in [3.63, 3.8) is 0 Å². The summed E-state index contributed by atoms with van der Waals surface area (Å²) in [5.74, 6) is 1.49. The van der Waals surface area contributed by atoms with Gasteiger partial charge in [0.05, 0.1) is 7.11 Å². The maximum atomic E-state index is 12.3. The fourth-order valence-corrected chi connectivity index (χ4v) is 2.72. The number of nitrogens with one attached hydrogen (secondary N) is 1. The SMILES string of the molecule is CNCC1CCN(C(=O)/C=C(\C)c2cccc(OC)c2)C1. The zero-order valence-corrected chi connectivity index (χ0v) is 13.1. The number of carbonyl (C=O) groups excluding carboxylic acids is 1. The highest BCUT2D eigenvalue weighted by molar-refractivity contribution is 5.95. The van der Waals surface area contributed by atoms with E-state index in [9.17, 15) is 4.79 Å². The van der Waals surface area contributed by atoms with E-state index < -0.39 is 0 Å². The van der Waals surface area contributed by atoms with Crippen LogP contribution in [0, 0.1) is 5.92 Å². The molecule has 1 aliphatic heterocycles. The number of hydrogen-bond donors (Lipinski definition) is 1. The van der Waals surface area contributed by atoms with Crippen LogP contribution < -0.4 is 10.1 Å². The number of ether oxygens (including phenoxy) is 1. The number of likely N-dealkylation sites (tertiary alicyclic amines) is 1. The van der Waals surface area contributed by atoms with Crippen LogP contribution in [0.15, 0.2) is 30.3 Å². The Morgan fingerprint density at radius 3 is 3.05 bits per heavy atom. The van der Waals surface area contributed by atoms with Crippen molar-refractivity contribution in [2.75, 3.05) is 33.8 Å². The monoisotopic (exact) mass is 288 g/mol. The van der Waals surface area contributed by atoms with Crippen LogP contribution in [-0.4, -0.2) is 44.6 Å². The van der Waals surface area contributed by atoms with Crippen LogP contribution in [0.1, 0.15) is 18.9 Å². The summed E-state index contributed by atoms with van der Waals surface area (Å²) in [6.07, 6.45) is 2.81. The lowest BCUT2D eigenvalue weighted by Crippen LogP contribution is -2.29.